The highest BCUT2D eigenvalue weighted by Crippen LogP contribution is 2.29. The molecule has 2 aromatic carbocycles. The Morgan fingerprint density at radius 3 is 2.36 bits per heavy atom. The third kappa shape index (κ3) is 2.88. The molecule has 22 heavy (non-hydrogen) atoms. The lowest BCUT2D eigenvalue weighted by Crippen LogP contribution is -2.25. The van der Waals surface area contributed by atoms with Gasteiger partial charge in [0.15, 0.2) is 0 Å². The molecule has 0 radical (unpaired) electrons. The predicted octanol–water partition coefficient (Wildman–Crippen LogP) is 4.10. The Balaban J connectivity index is 2.15. The fourth-order valence-corrected chi connectivity index (χ4v) is 2.77. The summed E-state index contributed by atoms with van der Waals surface area (Å²) in [6.07, 6.45) is 0.831. The maximum absolute atomic E-state index is 9.77. The number of pyridine rings is 1. The topological polar surface area (TPSA) is 33.1 Å². The third-order valence-corrected chi connectivity index (χ3v) is 4.08. The number of nitrogens with zero attached hydrogens (tertiary/aromatic N) is 1. The number of para-hydroxylation sites is 1. The molecule has 0 bridgehead atoms. The van der Waals surface area contributed by atoms with E-state index >= 15 is 0 Å². The average molecular weight is 291 g/mol. The monoisotopic (exact) mass is 291 g/mol. The minimum Gasteiger partial charge on any atom is -0.395 e. The van der Waals surface area contributed by atoms with Crippen molar-refractivity contribution in [2.45, 2.75) is 25.7 Å². The molecule has 0 atom stereocenters. The first-order chi connectivity index (χ1) is 10.6. The van der Waals surface area contributed by atoms with Crippen LogP contribution in [0.4, 0.5) is 0 Å². The normalized spacial score (nSPS) is 11.8. The van der Waals surface area contributed by atoms with Crippen molar-refractivity contribution in [3.8, 4) is 0 Å². The quantitative estimate of drug-likeness (QED) is 0.785. The van der Waals surface area contributed by atoms with Crippen LogP contribution in [-0.2, 0) is 11.8 Å². The van der Waals surface area contributed by atoms with Crippen molar-refractivity contribution < 1.29 is 5.11 Å². The van der Waals surface area contributed by atoms with E-state index < -0.39 is 0 Å². The molecule has 0 aliphatic rings. The number of aliphatic hydroxyl groups excluding tert-OH is 1. The van der Waals surface area contributed by atoms with Crippen LogP contribution in [0.3, 0.4) is 0 Å². The molecule has 1 N–H and O–H groups in total. The first-order valence-electron chi connectivity index (χ1n) is 7.64. The minimum atomic E-state index is -0.353. The van der Waals surface area contributed by atoms with Gasteiger partial charge in [0.2, 0.25) is 0 Å². The van der Waals surface area contributed by atoms with Crippen molar-refractivity contribution in [3.05, 3.63) is 77.5 Å². The molecule has 0 saturated carbocycles. The Hall–Kier alpha value is -2.19. The van der Waals surface area contributed by atoms with Crippen LogP contribution in [0, 0.1) is 0 Å². The highest BCUT2D eigenvalue weighted by atomic mass is 16.3. The van der Waals surface area contributed by atoms with E-state index in [0.717, 1.165) is 23.0 Å². The summed E-state index contributed by atoms with van der Waals surface area (Å²) in [7, 11) is 0. The first kappa shape index (κ1) is 14.7. The molecule has 0 aliphatic heterocycles. The second-order valence-electron chi connectivity index (χ2n) is 6.39. The van der Waals surface area contributed by atoms with Gasteiger partial charge < -0.3 is 5.11 Å². The van der Waals surface area contributed by atoms with E-state index in [1.807, 2.05) is 38.1 Å². The van der Waals surface area contributed by atoms with Crippen LogP contribution < -0.4 is 0 Å². The van der Waals surface area contributed by atoms with Crippen molar-refractivity contribution in [2.75, 3.05) is 6.61 Å². The van der Waals surface area contributed by atoms with Crippen molar-refractivity contribution >= 4 is 10.9 Å². The van der Waals surface area contributed by atoms with Crippen molar-refractivity contribution in [1.29, 1.82) is 0 Å². The van der Waals surface area contributed by atoms with E-state index in [4.69, 9.17) is 4.98 Å². The molecule has 1 heterocycles. The molecule has 0 saturated heterocycles. The van der Waals surface area contributed by atoms with Crippen LogP contribution in [0.1, 0.15) is 30.7 Å². The number of benzene rings is 2. The lowest BCUT2D eigenvalue weighted by molar-refractivity contribution is 0.215. The largest absolute Gasteiger partial charge is 0.395 e. The maximum atomic E-state index is 9.77. The van der Waals surface area contributed by atoms with Gasteiger partial charge >= 0.3 is 0 Å². The molecular formula is C20H21NO. The molecule has 3 aromatic rings. The molecule has 0 unspecified atom stereocenters. The summed E-state index contributed by atoms with van der Waals surface area (Å²) >= 11 is 0. The summed E-state index contributed by atoms with van der Waals surface area (Å²) < 4.78 is 0. The van der Waals surface area contributed by atoms with Gasteiger partial charge in [0.05, 0.1) is 17.8 Å². The molecule has 2 nitrogen and oxygen atoms in total. The number of rotatable bonds is 4. The molecule has 0 aliphatic carbocycles. The summed E-state index contributed by atoms with van der Waals surface area (Å²) in [5.41, 5.74) is 4.06. The first-order valence-corrected chi connectivity index (χ1v) is 7.64. The number of aliphatic hydroxyl groups is 1. The minimum absolute atomic E-state index is 0.0835. The van der Waals surface area contributed by atoms with Crippen molar-refractivity contribution in [1.82, 2.24) is 4.98 Å². The van der Waals surface area contributed by atoms with Gasteiger partial charge in [0.1, 0.15) is 0 Å². The fraction of sp³-hybridized carbons (Fsp3) is 0.250. The maximum Gasteiger partial charge on any atom is 0.0705 e. The molecule has 0 spiro atoms. The van der Waals surface area contributed by atoms with Gasteiger partial charge in [-0.15, -0.1) is 0 Å². The Morgan fingerprint density at radius 2 is 1.64 bits per heavy atom. The number of hydrogen-bond acceptors (Lipinski definition) is 2. The Labute approximate surface area is 131 Å². The molecule has 0 fully saturated rings. The zero-order chi connectivity index (χ0) is 15.6. The van der Waals surface area contributed by atoms with Crippen LogP contribution >= 0.6 is 0 Å². The Bertz CT molecular complexity index is 778. The molecule has 112 valence electrons. The summed E-state index contributed by atoms with van der Waals surface area (Å²) in [5.74, 6) is 0. The number of aromatic nitrogens is 1. The SMILES string of the molecule is CC(C)(CO)c1nc2ccccc2cc1Cc1ccccc1. The van der Waals surface area contributed by atoms with Crippen LogP contribution in [0.15, 0.2) is 60.7 Å². The number of fused-ring (bicyclic) bond motifs is 1. The molecule has 2 heteroatoms. The van der Waals surface area contributed by atoms with E-state index in [2.05, 4.69) is 36.4 Å². The fourth-order valence-electron chi connectivity index (χ4n) is 2.77. The second-order valence-corrected chi connectivity index (χ2v) is 6.39. The van der Waals surface area contributed by atoms with Crippen LogP contribution in [0.5, 0.6) is 0 Å². The van der Waals surface area contributed by atoms with Gasteiger partial charge in [0, 0.05) is 10.8 Å². The number of hydrogen-bond donors (Lipinski definition) is 1. The summed E-state index contributed by atoms with van der Waals surface area (Å²) in [4.78, 5) is 4.85. The molecular weight excluding hydrogens is 270 g/mol. The smallest absolute Gasteiger partial charge is 0.0705 e. The summed E-state index contributed by atoms with van der Waals surface area (Å²) in [6.45, 7) is 4.16. The van der Waals surface area contributed by atoms with Gasteiger partial charge in [-0.1, -0.05) is 62.4 Å². The lowest BCUT2D eigenvalue weighted by atomic mass is 9.84. The highest BCUT2D eigenvalue weighted by molar-refractivity contribution is 5.79. The van der Waals surface area contributed by atoms with E-state index in [1.54, 1.807) is 0 Å². The average Bonchev–Trinajstić information content (AvgIpc) is 2.55. The van der Waals surface area contributed by atoms with E-state index in [-0.39, 0.29) is 12.0 Å². The predicted molar refractivity (Wildman–Crippen MR) is 91.1 cm³/mol. The van der Waals surface area contributed by atoms with Gasteiger partial charge in [-0.2, -0.15) is 0 Å². The third-order valence-electron chi connectivity index (χ3n) is 4.08. The van der Waals surface area contributed by atoms with Gasteiger partial charge in [-0.05, 0) is 29.7 Å². The van der Waals surface area contributed by atoms with Crippen molar-refractivity contribution in [3.63, 3.8) is 0 Å². The molecule has 3 rings (SSSR count). The summed E-state index contributed by atoms with van der Waals surface area (Å²) in [6, 6.07) is 20.8. The lowest BCUT2D eigenvalue weighted by Gasteiger charge is -2.25. The molecule has 0 amide bonds. The zero-order valence-electron chi connectivity index (χ0n) is 13.1. The van der Waals surface area contributed by atoms with Crippen molar-refractivity contribution in [2.24, 2.45) is 0 Å². The van der Waals surface area contributed by atoms with E-state index in [9.17, 15) is 5.11 Å². The van der Waals surface area contributed by atoms with E-state index in [0.29, 0.717) is 0 Å². The standard InChI is InChI=1S/C20H21NO/c1-20(2,14-22)19-17(12-15-8-4-3-5-9-15)13-16-10-6-7-11-18(16)21-19/h3-11,13,22H,12,14H2,1-2H3. The van der Waals surface area contributed by atoms with E-state index in [1.165, 1.54) is 11.1 Å². The van der Waals surface area contributed by atoms with Gasteiger partial charge in [-0.25, -0.2) is 0 Å². The highest BCUT2D eigenvalue weighted by Gasteiger charge is 2.25. The second kappa shape index (κ2) is 5.90. The van der Waals surface area contributed by atoms with Crippen LogP contribution in [-0.4, -0.2) is 16.7 Å². The zero-order valence-corrected chi connectivity index (χ0v) is 13.1. The van der Waals surface area contributed by atoms with Crippen LogP contribution in [0.2, 0.25) is 0 Å². The Kier molecular flexibility index (Phi) is 3.95. The summed E-state index contributed by atoms with van der Waals surface area (Å²) in [5, 5.41) is 10.9. The van der Waals surface area contributed by atoms with Crippen LogP contribution in [0.25, 0.3) is 10.9 Å². The Morgan fingerprint density at radius 1 is 0.955 bits per heavy atom. The van der Waals surface area contributed by atoms with Gasteiger partial charge in [0.25, 0.3) is 0 Å². The molecule has 1 aromatic heterocycles. The van der Waals surface area contributed by atoms with Gasteiger partial charge in [-0.3, -0.25) is 4.98 Å².